The number of thioether (sulfide) groups is 1. The molecule has 1 heterocycles. The predicted molar refractivity (Wildman–Crippen MR) is 82.7 cm³/mol. The van der Waals surface area contributed by atoms with Gasteiger partial charge in [0.2, 0.25) is 0 Å². The third-order valence-corrected chi connectivity index (χ3v) is 4.71. The summed E-state index contributed by atoms with van der Waals surface area (Å²) in [4.78, 5) is 12.0. The standard InChI is InChI=1S/C12H20BrN3OS/c1-8(2)16-11(17)10(13)9(6-15-16)14-7-12(3,4)18-5/h6,8,14H,7H2,1-5H3. The van der Waals surface area contributed by atoms with E-state index in [0.717, 1.165) is 12.2 Å². The van der Waals surface area contributed by atoms with E-state index < -0.39 is 0 Å². The maximum atomic E-state index is 12.0. The average molecular weight is 334 g/mol. The van der Waals surface area contributed by atoms with Gasteiger partial charge in [0.1, 0.15) is 4.47 Å². The Bertz CT molecular complexity index is 471. The lowest BCUT2D eigenvalue weighted by atomic mass is 10.2. The zero-order valence-electron chi connectivity index (χ0n) is 11.5. The molecule has 1 aromatic heterocycles. The molecule has 0 amide bonds. The second-order valence-corrected chi connectivity index (χ2v) is 7.34. The van der Waals surface area contributed by atoms with Crippen molar-refractivity contribution in [1.82, 2.24) is 9.78 Å². The van der Waals surface area contributed by atoms with E-state index >= 15 is 0 Å². The minimum Gasteiger partial charge on any atom is -0.381 e. The fourth-order valence-electron chi connectivity index (χ4n) is 1.32. The number of nitrogens with one attached hydrogen (secondary N) is 1. The number of nitrogens with zero attached hydrogens (tertiary/aromatic N) is 2. The smallest absolute Gasteiger partial charge is 0.283 e. The van der Waals surface area contributed by atoms with E-state index in [4.69, 9.17) is 0 Å². The first-order chi connectivity index (χ1) is 8.28. The zero-order chi connectivity index (χ0) is 13.9. The van der Waals surface area contributed by atoms with Gasteiger partial charge in [0.15, 0.2) is 0 Å². The Labute approximate surface area is 121 Å². The molecule has 18 heavy (non-hydrogen) atoms. The van der Waals surface area contributed by atoms with E-state index in [-0.39, 0.29) is 16.3 Å². The average Bonchev–Trinajstić information content (AvgIpc) is 2.30. The summed E-state index contributed by atoms with van der Waals surface area (Å²) < 4.78 is 2.13. The van der Waals surface area contributed by atoms with Crippen molar-refractivity contribution in [1.29, 1.82) is 0 Å². The Morgan fingerprint density at radius 3 is 2.67 bits per heavy atom. The molecule has 0 unspecified atom stereocenters. The van der Waals surface area contributed by atoms with Gasteiger partial charge in [-0.1, -0.05) is 0 Å². The first-order valence-electron chi connectivity index (χ1n) is 5.85. The van der Waals surface area contributed by atoms with Crippen LogP contribution in [-0.4, -0.2) is 27.3 Å². The Balaban J connectivity index is 2.93. The molecule has 0 saturated carbocycles. The van der Waals surface area contributed by atoms with Crippen molar-refractivity contribution >= 4 is 33.4 Å². The van der Waals surface area contributed by atoms with Gasteiger partial charge in [-0.15, -0.1) is 0 Å². The summed E-state index contributed by atoms with van der Waals surface area (Å²) in [5.41, 5.74) is 0.649. The van der Waals surface area contributed by atoms with Crippen molar-refractivity contribution in [3.8, 4) is 0 Å². The molecule has 0 radical (unpaired) electrons. The molecular formula is C12H20BrN3OS. The molecule has 0 spiro atoms. The number of hydrogen-bond acceptors (Lipinski definition) is 4. The summed E-state index contributed by atoms with van der Waals surface area (Å²) in [6.07, 6.45) is 3.77. The fourth-order valence-corrected chi connectivity index (χ4v) is 1.96. The normalized spacial score (nSPS) is 11.9. The summed E-state index contributed by atoms with van der Waals surface area (Å²) in [6, 6.07) is 0.0606. The van der Waals surface area contributed by atoms with Crippen LogP contribution in [0.25, 0.3) is 0 Å². The molecule has 0 aliphatic carbocycles. The van der Waals surface area contributed by atoms with E-state index in [2.05, 4.69) is 46.4 Å². The topological polar surface area (TPSA) is 46.9 Å². The lowest BCUT2D eigenvalue weighted by molar-refractivity contribution is 0.501. The number of halogens is 1. The maximum Gasteiger partial charge on any atom is 0.283 e. The summed E-state index contributed by atoms with van der Waals surface area (Å²) in [5, 5.41) is 7.44. The van der Waals surface area contributed by atoms with E-state index in [1.165, 1.54) is 4.68 Å². The van der Waals surface area contributed by atoms with E-state index in [0.29, 0.717) is 4.47 Å². The Hall–Kier alpha value is -0.490. The van der Waals surface area contributed by atoms with Crippen LogP contribution in [0.15, 0.2) is 15.5 Å². The van der Waals surface area contributed by atoms with Gasteiger partial charge in [0.05, 0.1) is 17.9 Å². The lowest BCUT2D eigenvalue weighted by Crippen LogP contribution is -2.29. The molecule has 6 heteroatoms. The van der Waals surface area contributed by atoms with Gasteiger partial charge in [-0.3, -0.25) is 4.79 Å². The summed E-state index contributed by atoms with van der Waals surface area (Å²) in [5.74, 6) is 0. The van der Waals surface area contributed by atoms with Crippen LogP contribution in [0.5, 0.6) is 0 Å². The Morgan fingerprint density at radius 1 is 1.56 bits per heavy atom. The molecule has 1 rings (SSSR count). The third kappa shape index (κ3) is 3.75. The highest BCUT2D eigenvalue weighted by molar-refractivity contribution is 9.10. The molecule has 0 aromatic carbocycles. The van der Waals surface area contributed by atoms with Crippen molar-refractivity contribution in [2.24, 2.45) is 0 Å². The van der Waals surface area contributed by atoms with Crippen molar-refractivity contribution < 1.29 is 0 Å². The van der Waals surface area contributed by atoms with Crippen LogP contribution in [0.1, 0.15) is 33.7 Å². The minimum absolute atomic E-state index is 0.0606. The maximum absolute atomic E-state index is 12.0. The van der Waals surface area contributed by atoms with E-state index in [9.17, 15) is 4.79 Å². The quantitative estimate of drug-likeness (QED) is 0.899. The molecular weight excluding hydrogens is 314 g/mol. The number of aromatic nitrogens is 2. The van der Waals surface area contributed by atoms with Crippen LogP contribution in [0.4, 0.5) is 5.69 Å². The SMILES string of the molecule is CSC(C)(C)CNc1cnn(C(C)C)c(=O)c1Br. The van der Waals surface area contributed by atoms with Crippen molar-refractivity contribution in [2.45, 2.75) is 38.5 Å². The van der Waals surface area contributed by atoms with Crippen LogP contribution in [-0.2, 0) is 0 Å². The van der Waals surface area contributed by atoms with Gasteiger partial charge in [-0.25, -0.2) is 4.68 Å². The third-order valence-electron chi connectivity index (χ3n) is 2.69. The number of rotatable bonds is 5. The van der Waals surface area contributed by atoms with E-state index in [1.807, 2.05) is 13.8 Å². The second-order valence-electron chi connectivity index (χ2n) is 5.03. The molecule has 1 N–H and O–H groups in total. The lowest BCUT2D eigenvalue weighted by Gasteiger charge is -2.23. The van der Waals surface area contributed by atoms with Crippen LogP contribution in [0.3, 0.4) is 0 Å². The van der Waals surface area contributed by atoms with Crippen LogP contribution in [0.2, 0.25) is 0 Å². The van der Waals surface area contributed by atoms with Crippen molar-refractivity contribution in [3.63, 3.8) is 0 Å². The molecule has 0 bridgehead atoms. The summed E-state index contributed by atoms with van der Waals surface area (Å²) in [7, 11) is 0. The molecule has 0 atom stereocenters. The Kier molecular flexibility index (Phi) is 5.28. The van der Waals surface area contributed by atoms with Crippen LogP contribution < -0.4 is 10.9 Å². The highest BCUT2D eigenvalue weighted by atomic mass is 79.9. The van der Waals surface area contributed by atoms with Crippen LogP contribution >= 0.6 is 27.7 Å². The zero-order valence-corrected chi connectivity index (χ0v) is 13.9. The first kappa shape index (κ1) is 15.6. The highest BCUT2D eigenvalue weighted by Crippen LogP contribution is 2.23. The fraction of sp³-hybridized carbons (Fsp3) is 0.667. The van der Waals surface area contributed by atoms with Gasteiger partial charge in [0, 0.05) is 11.3 Å². The van der Waals surface area contributed by atoms with Crippen molar-refractivity contribution in [2.75, 3.05) is 18.1 Å². The molecule has 4 nitrogen and oxygen atoms in total. The van der Waals surface area contributed by atoms with Gasteiger partial charge in [0.25, 0.3) is 5.56 Å². The monoisotopic (exact) mass is 333 g/mol. The highest BCUT2D eigenvalue weighted by Gasteiger charge is 2.17. The predicted octanol–water partition coefficient (Wildman–Crippen LogP) is 3.14. The van der Waals surface area contributed by atoms with Gasteiger partial charge in [-0.05, 0) is 49.9 Å². The summed E-state index contributed by atoms with van der Waals surface area (Å²) >= 11 is 5.13. The second kappa shape index (κ2) is 6.10. The van der Waals surface area contributed by atoms with Gasteiger partial charge < -0.3 is 5.32 Å². The minimum atomic E-state index is -0.100. The van der Waals surface area contributed by atoms with Gasteiger partial charge in [-0.2, -0.15) is 16.9 Å². The molecule has 0 saturated heterocycles. The Morgan fingerprint density at radius 2 is 2.17 bits per heavy atom. The number of hydrogen-bond donors (Lipinski definition) is 1. The largest absolute Gasteiger partial charge is 0.381 e. The number of anilines is 1. The molecule has 1 aromatic rings. The van der Waals surface area contributed by atoms with Crippen molar-refractivity contribution in [3.05, 3.63) is 21.0 Å². The molecule has 0 aliphatic heterocycles. The molecule has 0 aliphatic rings. The van der Waals surface area contributed by atoms with E-state index in [1.54, 1.807) is 18.0 Å². The summed E-state index contributed by atoms with van der Waals surface area (Å²) in [6.45, 7) is 8.96. The first-order valence-corrected chi connectivity index (χ1v) is 7.86. The van der Waals surface area contributed by atoms with Crippen LogP contribution in [0, 0.1) is 0 Å². The molecule has 0 fully saturated rings. The van der Waals surface area contributed by atoms with Gasteiger partial charge >= 0.3 is 0 Å². The molecule has 102 valence electrons.